The summed E-state index contributed by atoms with van der Waals surface area (Å²) in [6.45, 7) is 4.11. The van der Waals surface area contributed by atoms with Crippen LogP contribution in [0.2, 0.25) is 25.1 Å². The van der Waals surface area contributed by atoms with E-state index in [9.17, 15) is 19.2 Å². The van der Waals surface area contributed by atoms with Crippen LogP contribution in [0.1, 0.15) is 33.1 Å². The fraction of sp³-hybridized carbons (Fsp3) is 0.277. The summed E-state index contributed by atoms with van der Waals surface area (Å²) in [5.74, 6) is 0.226. The molecule has 0 radical (unpaired) electrons. The summed E-state index contributed by atoms with van der Waals surface area (Å²) in [6.07, 6.45) is 5.91. The Kier molecular flexibility index (Phi) is 15.3. The Morgan fingerprint density at radius 3 is 1.44 bits per heavy atom. The number of piperidine rings is 2. The van der Waals surface area contributed by atoms with Crippen LogP contribution >= 0.6 is 58.0 Å². The number of anilines is 3. The molecule has 10 rings (SSSR count). The van der Waals surface area contributed by atoms with Gasteiger partial charge in [-0.1, -0.05) is 114 Å². The largest absolute Gasteiger partial charge is 0.369 e. The van der Waals surface area contributed by atoms with Gasteiger partial charge in [-0.05, 0) is 99.4 Å². The third-order valence-corrected chi connectivity index (χ3v) is 13.6. The third-order valence-electron chi connectivity index (χ3n) is 12.1. The summed E-state index contributed by atoms with van der Waals surface area (Å²) >= 11 is 29.8. The number of benzene rings is 4. The Morgan fingerprint density at radius 2 is 0.955 bits per heavy atom. The van der Waals surface area contributed by atoms with Crippen LogP contribution in [0.4, 0.5) is 17.1 Å². The minimum absolute atomic E-state index is 0. The van der Waals surface area contributed by atoms with E-state index in [4.69, 9.17) is 58.0 Å². The highest BCUT2D eigenvalue weighted by Crippen LogP contribution is 2.38. The molecule has 4 aliphatic rings. The molecule has 4 fully saturated rings. The third kappa shape index (κ3) is 9.76. The fourth-order valence-electron chi connectivity index (χ4n) is 8.66. The zero-order chi connectivity index (χ0) is 45.7. The Hall–Kier alpha value is -5.61. The molecule has 19 heteroatoms. The fourth-order valence-corrected chi connectivity index (χ4v) is 9.53. The number of carbonyl (C=O) groups is 2. The molecule has 14 nitrogen and oxygen atoms in total. The predicted octanol–water partition coefficient (Wildman–Crippen LogP) is 8.00. The number of carbonyl (C=O) groups excluding carboxylic acids is 2. The summed E-state index contributed by atoms with van der Waals surface area (Å²) in [7, 11) is 0. The van der Waals surface area contributed by atoms with Gasteiger partial charge in [0.25, 0.3) is 11.1 Å². The van der Waals surface area contributed by atoms with Crippen molar-refractivity contribution in [3.8, 4) is 11.4 Å². The number of nitrogens with one attached hydrogen (secondary N) is 3. The Labute approximate surface area is 407 Å². The number of hydrogen-bond acceptors (Lipinski definition) is 10. The highest BCUT2D eigenvalue weighted by atomic mass is 35.5. The van der Waals surface area contributed by atoms with Crippen molar-refractivity contribution in [1.29, 1.82) is 0 Å². The van der Waals surface area contributed by atoms with Gasteiger partial charge in [0, 0.05) is 34.5 Å². The number of para-hydroxylation sites is 2. The van der Waals surface area contributed by atoms with E-state index in [1.165, 1.54) is 10.9 Å². The smallest absolute Gasteiger partial charge is 0.292 e. The van der Waals surface area contributed by atoms with Gasteiger partial charge < -0.3 is 30.7 Å². The SMILES string of the molecule is C.O=C1NCN(c2ccccc2)C12CCN(c1cnn(-c3cccc(Cl)c3)c(=O)c1Cl)CC2.O=C1NCN(c2ccccc2)C12CCNCC2.O=c1c(Cl)c(Cl)cnn1-c1cccc(Cl)c1. The zero-order valence-electron chi connectivity index (χ0n) is 34.8. The lowest BCUT2D eigenvalue weighted by molar-refractivity contribution is -0.125. The molecule has 4 saturated heterocycles. The van der Waals surface area contributed by atoms with Crippen LogP contribution in [-0.4, -0.2) is 82.0 Å². The summed E-state index contributed by atoms with van der Waals surface area (Å²) in [5, 5.41) is 18.7. The van der Waals surface area contributed by atoms with E-state index in [2.05, 4.69) is 48.1 Å². The van der Waals surface area contributed by atoms with E-state index in [1.807, 2.05) is 53.4 Å². The summed E-state index contributed by atoms with van der Waals surface area (Å²) in [5.41, 5.74) is 2.00. The molecular weight excluding hydrogens is 946 g/mol. The van der Waals surface area contributed by atoms with Gasteiger partial charge in [-0.15, -0.1) is 0 Å². The van der Waals surface area contributed by atoms with Gasteiger partial charge in [-0.3, -0.25) is 19.2 Å². The predicted molar refractivity (Wildman–Crippen MR) is 264 cm³/mol. The van der Waals surface area contributed by atoms with Crippen molar-refractivity contribution >= 4 is 86.9 Å². The molecule has 2 spiro atoms. The molecule has 66 heavy (non-hydrogen) atoms. The Bertz CT molecular complexity index is 2800. The maximum atomic E-state index is 12.9. The molecule has 4 aromatic carbocycles. The molecule has 0 unspecified atom stereocenters. The minimum Gasteiger partial charge on any atom is -0.369 e. The highest BCUT2D eigenvalue weighted by Gasteiger charge is 2.51. The monoisotopic (exact) mass is 990 g/mol. The molecule has 0 aliphatic carbocycles. The van der Waals surface area contributed by atoms with Crippen LogP contribution < -0.4 is 41.8 Å². The second kappa shape index (κ2) is 20.9. The lowest BCUT2D eigenvalue weighted by Gasteiger charge is -2.44. The topological polar surface area (TPSA) is 150 Å². The number of halogens is 5. The van der Waals surface area contributed by atoms with E-state index in [0.29, 0.717) is 66.4 Å². The van der Waals surface area contributed by atoms with Crippen LogP contribution in [0.5, 0.6) is 0 Å². The maximum Gasteiger partial charge on any atom is 0.292 e. The van der Waals surface area contributed by atoms with Gasteiger partial charge in [0.05, 0.1) is 47.8 Å². The lowest BCUT2D eigenvalue weighted by Crippen LogP contribution is -2.56. The summed E-state index contributed by atoms with van der Waals surface area (Å²) < 4.78 is 2.38. The van der Waals surface area contributed by atoms with Gasteiger partial charge in [0.15, 0.2) is 0 Å². The first-order chi connectivity index (χ1) is 31.4. The molecule has 2 aromatic heterocycles. The highest BCUT2D eigenvalue weighted by molar-refractivity contribution is 6.41. The number of aromatic nitrogens is 4. The molecule has 2 amide bonds. The second-order valence-corrected chi connectivity index (χ2v) is 17.7. The van der Waals surface area contributed by atoms with E-state index < -0.39 is 16.7 Å². The van der Waals surface area contributed by atoms with Crippen molar-refractivity contribution in [2.45, 2.75) is 44.2 Å². The standard InChI is InChI=1S/C23H21Cl2N5O2.C13H17N3O.C10H5Cl3N2O.CH4/c24-16-5-4-8-18(13-16)30-21(31)20(25)19(14-27-30)28-11-9-23(10-12-28)22(32)26-15-29(23)17-6-2-1-3-7-17;17-12-13(6-8-14-9-7-13)16(10-15-12)11-4-2-1-3-5-11;11-6-2-1-3-7(4-6)15-10(16)9(13)8(12)5-14-15;/h1-8,13-14H,9-12,15H2,(H,26,32);1-5,14H,6-10H2,(H,15,17);1-5H;1H4. The van der Waals surface area contributed by atoms with Gasteiger partial charge in [0.2, 0.25) is 11.8 Å². The van der Waals surface area contributed by atoms with Crippen molar-refractivity contribution in [2.24, 2.45) is 0 Å². The van der Waals surface area contributed by atoms with Crippen molar-refractivity contribution < 1.29 is 9.59 Å². The van der Waals surface area contributed by atoms with Gasteiger partial charge in [0.1, 0.15) is 21.1 Å². The Morgan fingerprint density at radius 1 is 0.515 bits per heavy atom. The molecule has 4 aliphatic heterocycles. The first-order valence-corrected chi connectivity index (χ1v) is 22.7. The van der Waals surface area contributed by atoms with Crippen LogP contribution in [-0.2, 0) is 9.59 Å². The molecule has 6 heterocycles. The van der Waals surface area contributed by atoms with Crippen LogP contribution in [0, 0.1) is 0 Å². The normalized spacial score (nSPS) is 17.0. The van der Waals surface area contributed by atoms with Crippen molar-refractivity contribution in [2.75, 3.05) is 54.2 Å². The first kappa shape index (κ1) is 48.3. The van der Waals surface area contributed by atoms with Gasteiger partial charge >= 0.3 is 0 Å². The first-order valence-electron chi connectivity index (χ1n) is 20.8. The zero-order valence-corrected chi connectivity index (χ0v) is 38.6. The molecule has 0 saturated carbocycles. The summed E-state index contributed by atoms with van der Waals surface area (Å²) in [4.78, 5) is 56.0. The number of nitrogens with zero attached hydrogens (tertiary/aromatic N) is 7. The maximum absolute atomic E-state index is 12.9. The van der Waals surface area contributed by atoms with Gasteiger partial charge in [-0.2, -0.15) is 19.6 Å². The molecular formula is C47H47Cl5N10O4. The molecule has 3 N–H and O–H groups in total. The molecule has 0 atom stereocenters. The minimum atomic E-state index is -0.604. The second-order valence-electron chi connectivity index (χ2n) is 15.7. The van der Waals surface area contributed by atoms with Gasteiger partial charge in [-0.25, -0.2) is 0 Å². The van der Waals surface area contributed by atoms with E-state index in [0.717, 1.165) is 42.0 Å². The average molecular weight is 993 g/mol. The lowest BCUT2D eigenvalue weighted by atomic mass is 9.85. The van der Waals surface area contributed by atoms with Crippen molar-refractivity contribution in [3.05, 3.63) is 167 Å². The molecule has 344 valence electrons. The Balaban J connectivity index is 0.000000161. The van der Waals surface area contributed by atoms with E-state index >= 15 is 0 Å². The summed E-state index contributed by atoms with van der Waals surface area (Å²) in [6, 6.07) is 33.8. The average Bonchev–Trinajstić information content (AvgIpc) is 3.81. The molecule has 0 bridgehead atoms. The van der Waals surface area contributed by atoms with Crippen molar-refractivity contribution in [3.63, 3.8) is 0 Å². The number of hydrogen-bond donors (Lipinski definition) is 3. The number of amides is 2. The van der Waals surface area contributed by atoms with Crippen LogP contribution in [0.3, 0.4) is 0 Å². The van der Waals surface area contributed by atoms with E-state index in [1.54, 1.807) is 54.7 Å². The van der Waals surface area contributed by atoms with Crippen LogP contribution in [0.25, 0.3) is 11.4 Å². The quantitative estimate of drug-likeness (QED) is 0.155. The van der Waals surface area contributed by atoms with Crippen LogP contribution in [0.15, 0.2) is 131 Å². The van der Waals surface area contributed by atoms with Crippen molar-refractivity contribution in [1.82, 2.24) is 35.5 Å². The molecule has 6 aromatic rings. The number of rotatable bonds is 5. The van der Waals surface area contributed by atoms with E-state index in [-0.39, 0.29) is 39.8 Å².